The third-order valence-electron chi connectivity index (χ3n) is 2.27. The Morgan fingerprint density at radius 3 is 2.56 bits per heavy atom. The Labute approximate surface area is 95.7 Å². The average molecular weight is 231 g/mol. The Morgan fingerprint density at radius 2 is 2.00 bits per heavy atom. The quantitative estimate of drug-likeness (QED) is 0.444. The van der Waals surface area contributed by atoms with Crippen molar-refractivity contribution in [3.8, 4) is 0 Å². The second-order valence-electron chi connectivity index (χ2n) is 3.69. The Morgan fingerprint density at radius 1 is 1.31 bits per heavy atom. The van der Waals surface area contributed by atoms with Crippen LogP contribution in [0.15, 0.2) is 5.18 Å². The van der Waals surface area contributed by atoms with Gasteiger partial charge in [0.15, 0.2) is 0 Å². The third kappa shape index (κ3) is 7.30. The molecule has 0 amide bonds. The molecule has 1 unspecified atom stereocenters. The van der Waals surface area contributed by atoms with Crippen molar-refractivity contribution >= 4 is 5.97 Å². The first kappa shape index (κ1) is 15.0. The number of nitrogens with two attached hydrogens (primary N) is 2. The molecule has 0 aromatic heterocycles. The summed E-state index contributed by atoms with van der Waals surface area (Å²) in [6.07, 6.45) is 2.63. The molecule has 2 atom stereocenters. The average Bonchev–Trinajstić information content (AvgIpc) is 2.26. The molecule has 0 saturated carbocycles. The van der Waals surface area contributed by atoms with E-state index in [-0.39, 0.29) is 18.6 Å². The summed E-state index contributed by atoms with van der Waals surface area (Å²) in [5.74, 6) is -0.370. The highest BCUT2D eigenvalue weighted by atomic mass is 16.5. The lowest BCUT2D eigenvalue weighted by Gasteiger charge is -2.12. The molecule has 0 aliphatic carbocycles. The molecule has 4 N–H and O–H groups in total. The number of nitrogens with zero attached hydrogens (tertiary/aromatic N) is 1. The van der Waals surface area contributed by atoms with E-state index in [1.807, 2.05) is 0 Å². The van der Waals surface area contributed by atoms with Crippen LogP contribution in [-0.4, -0.2) is 31.2 Å². The maximum Gasteiger partial charge on any atom is 0.322 e. The van der Waals surface area contributed by atoms with Crippen molar-refractivity contribution in [3.63, 3.8) is 0 Å². The van der Waals surface area contributed by atoms with Crippen molar-refractivity contribution in [2.24, 2.45) is 16.6 Å². The molecule has 0 aromatic rings. The van der Waals surface area contributed by atoms with Gasteiger partial charge in [-0.2, -0.15) is 4.91 Å². The fraction of sp³-hybridized carbons (Fsp3) is 0.900. The van der Waals surface area contributed by atoms with Gasteiger partial charge in [0.25, 0.3) is 0 Å². The van der Waals surface area contributed by atoms with Crippen molar-refractivity contribution < 1.29 is 9.53 Å². The van der Waals surface area contributed by atoms with E-state index in [1.54, 1.807) is 6.92 Å². The Kier molecular flexibility index (Phi) is 8.65. The number of esters is 1. The predicted octanol–water partition coefficient (Wildman–Crippen LogP) is 0.531. The highest BCUT2D eigenvalue weighted by Crippen LogP contribution is 2.05. The van der Waals surface area contributed by atoms with Crippen molar-refractivity contribution in [1.82, 2.24) is 0 Å². The minimum absolute atomic E-state index is 0.0490. The zero-order valence-electron chi connectivity index (χ0n) is 9.72. The number of carbonyl (C=O) groups is 1. The molecule has 0 radical (unpaired) electrons. The molecule has 0 spiro atoms. The highest BCUT2D eigenvalue weighted by molar-refractivity contribution is 5.75. The summed E-state index contributed by atoms with van der Waals surface area (Å²) in [5, 5.41) is 2.74. The maximum atomic E-state index is 11.2. The third-order valence-corrected chi connectivity index (χ3v) is 2.27. The summed E-state index contributed by atoms with van der Waals surface area (Å²) in [4.78, 5) is 21.0. The van der Waals surface area contributed by atoms with Crippen molar-refractivity contribution in [2.75, 3.05) is 13.2 Å². The lowest BCUT2D eigenvalue weighted by Crippen LogP contribution is -2.32. The van der Waals surface area contributed by atoms with E-state index in [0.29, 0.717) is 19.4 Å². The summed E-state index contributed by atoms with van der Waals surface area (Å²) < 4.78 is 4.77. The molecule has 16 heavy (non-hydrogen) atoms. The standard InChI is InChI=1S/C10H21N3O3/c1-2-16-10(14)9(12)5-3-4-8(11)6-7-13-15/h8-9H,2-7,11-12H2,1H3/t8?,9-/m0/s1. The van der Waals surface area contributed by atoms with E-state index in [2.05, 4.69) is 5.18 Å². The van der Waals surface area contributed by atoms with Crippen molar-refractivity contribution in [1.29, 1.82) is 0 Å². The van der Waals surface area contributed by atoms with Crippen LogP contribution in [0.4, 0.5) is 0 Å². The normalized spacial score (nSPS) is 14.2. The summed E-state index contributed by atoms with van der Waals surface area (Å²) in [7, 11) is 0. The minimum atomic E-state index is -0.573. The van der Waals surface area contributed by atoms with E-state index in [9.17, 15) is 9.70 Å². The van der Waals surface area contributed by atoms with Crippen LogP contribution in [0.5, 0.6) is 0 Å². The maximum absolute atomic E-state index is 11.2. The summed E-state index contributed by atoms with van der Waals surface area (Å²) >= 11 is 0. The minimum Gasteiger partial charge on any atom is -0.465 e. The first-order valence-electron chi connectivity index (χ1n) is 5.58. The predicted molar refractivity (Wildman–Crippen MR) is 61.7 cm³/mol. The molecule has 6 heteroatoms. The molecule has 0 aliphatic rings. The van der Waals surface area contributed by atoms with Crippen LogP contribution in [0.3, 0.4) is 0 Å². The number of hydrogen-bond acceptors (Lipinski definition) is 6. The van der Waals surface area contributed by atoms with E-state index in [1.165, 1.54) is 0 Å². The van der Waals surface area contributed by atoms with E-state index in [0.717, 1.165) is 12.8 Å². The molecule has 0 aliphatic heterocycles. The van der Waals surface area contributed by atoms with Crippen LogP contribution in [0, 0.1) is 4.91 Å². The van der Waals surface area contributed by atoms with Crippen LogP contribution >= 0.6 is 0 Å². The number of hydrogen-bond donors (Lipinski definition) is 2. The molecule has 0 saturated heterocycles. The van der Waals surface area contributed by atoms with Crippen LogP contribution in [-0.2, 0) is 9.53 Å². The zero-order valence-corrected chi connectivity index (χ0v) is 9.72. The summed E-state index contributed by atoms with van der Waals surface area (Å²) in [5.41, 5.74) is 11.3. The lowest BCUT2D eigenvalue weighted by molar-refractivity contribution is -0.144. The fourth-order valence-electron chi connectivity index (χ4n) is 1.33. The summed E-state index contributed by atoms with van der Waals surface area (Å²) in [6.45, 7) is 2.33. The second-order valence-corrected chi connectivity index (χ2v) is 3.69. The van der Waals surface area contributed by atoms with Crippen LogP contribution < -0.4 is 11.5 Å². The molecule has 6 nitrogen and oxygen atoms in total. The van der Waals surface area contributed by atoms with Crippen molar-refractivity contribution in [3.05, 3.63) is 4.91 Å². The van der Waals surface area contributed by atoms with Gasteiger partial charge in [-0.3, -0.25) is 4.79 Å². The Hall–Kier alpha value is -1.01. The lowest BCUT2D eigenvalue weighted by atomic mass is 10.0. The molecule has 0 fully saturated rings. The monoisotopic (exact) mass is 231 g/mol. The van der Waals surface area contributed by atoms with Gasteiger partial charge in [0.05, 0.1) is 13.2 Å². The summed E-state index contributed by atoms with van der Waals surface area (Å²) in [6, 6.07) is -0.622. The molecule has 0 rings (SSSR count). The molecular formula is C10H21N3O3. The first-order chi connectivity index (χ1) is 7.61. The van der Waals surface area contributed by atoms with Gasteiger partial charge in [-0.05, 0) is 32.6 Å². The van der Waals surface area contributed by atoms with E-state index >= 15 is 0 Å². The van der Waals surface area contributed by atoms with Gasteiger partial charge in [-0.1, -0.05) is 5.18 Å². The molecule has 94 valence electrons. The van der Waals surface area contributed by atoms with Gasteiger partial charge in [0.1, 0.15) is 6.04 Å². The van der Waals surface area contributed by atoms with Crippen molar-refractivity contribution in [2.45, 2.75) is 44.7 Å². The Bertz CT molecular complexity index is 211. The molecule has 0 bridgehead atoms. The molecule has 0 aromatic carbocycles. The van der Waals surface area contributed by atoms with Gasteiger partial charge >= 0.3 is 5.97 Å². The number of ether oxygens (including phenoxy) is 1. The fourth-order valence-corrected chi connectivity index (χ4v) is 1.33. The zero-order chi connectivity index (χ0) is 12.4. The highest BCUT2D eigenvalue weighted by Gasteiger charge is 2.14. The SMILES string of the molecule is CCOC(=O)[C@@H](N)CCCC(N)CCN=O. The van der Waals surface area contributed by atoms with E-state index in [4.69, 9.17) is 16.2 Å². The van der Waals surface area contributed by atoms with Gasteiger partial charge in [0.2, 0.25) is 0 Å². The van der Waals surface area contributed by atoms with Gasteiger partial charge in [0, 0.05) is 6.04 Å². The van der Waals surface area contributed by atoms with E-state index < -0.39 is 6.04 Å². The smallest absolute Gasteiger partial charge is 0.322 e. The van der Waals surface area contributed by atoms with Crippen LogP contribution in [0.2, 0.25) is 0 Å². The van der Waals surface area contributed by atoms with Gasteiger partial charge < -0.3 is 16.2 Å². The second kappa shape index (κ2) is 9.23. The number of nitroso groups, excluding NO2 is 1. The molecular weight excluding hydrogens is 210 g/mol. The van der Waals surface area contributed by atoms with Gasteiger partial charge in [-0.15, -0.1) is 0 Å². The van der Waals surface area contributed by atoms with Crippen LogP contribution in [0.25, 0.3) is 0 Å². The Balaban J connectivity index is 3.56. The number of rotatable bonds is 9. The first-order valence-corrected chi connectivity index (χ1v) is 5.58. The topological polar surface area (TPSA) is 108 Å². The number of carbonyl (C=O) groups excluding carboxylic acids is 1. The van der Waals surface area contributed by atoms with Crippen LogP contribution in [0.1, 0.15) is 32.6 Å². The molecule has 0 heterocycles. The van der Waals surface area contributed by atoms with Gasteiger partial charge in [-0.25, -0.2) is 0 Å². The largest absolute Gasteiger partial charge is 0.465 e.